The first-order valence-corrected chi connectivity index (χ1v) is 6.65. The minimum atomic E-state index is 0.581. The van der Waals surface area contributed by atoms with Gasteiger partial charge in [-0.25, -0.2) is 0 Å². The zero-order chi connectivity index (χ0) is 12.4. The molecule has 0 N–H and O–H groups in total. The van der Waals surface area contributed by atoms with Crippen LogP contribution in [0, 0.1) is 12.8 Å². The largest absolute Gasteiger partial charge is 0.0804 e. The van der Waals surface area contributed by atoms with Gasteiger partial charge in [-0.2, -0.15) is 0 Å². The highest BCUT2D eigenvalue weighted by atomic mass is 14.2. The van der Waals surface area contributed by atoms with Gasteiger partial charge in [-0.15, -0.1) is 0 Å². The minimum absolute atomic E-state index is 0.581. The first-order valence-electron chi connectivity index (χ1n) is 6.65. The van der Waals surface area contributed by atoms with Crippen molar-refractivity contribution in [3.8, 4) is 0 Å². The van der Waals surface area contributed by atoms with Crippen LogP contribution >= 0.6 is 0 Å². The zero-order valence-electron chi connectivity index (χ0n) is 10.8. The number of benzene rings is 1. The van der Waals surface area contributed by atoms with Crippen molar-refractivity contribution in [2.24, 2.45) is 5.92 Å². The Balaban J connectivity index is 1.76. The first-order chi connectivity index (χ1) is 8.83. The molecular weight excluding hydrogens is 216 g/mol. The smallest absolute Gasteiger partial charge is 0.00529 e. The Morgan fingerprint density at radius 3 is 2.44 bits per heavy atom. The van der Waals surface area contributed by atoms with Gasteiger partial charge in [0.05, 0.1) is 0 Å². The maximum absolute atomic E-state index is 2.36. The van der Waals surface area contributed by atoms with Gasteiger partial charge in [0.25, 0.3) is 0 Å². The van der Waals surface area contributed by atoms with Crippen LogP contribution < -0.4 is 0 Å². The summed E-state index contributed by atoms with van der Waals surface area (Å²) in [6.07, 6.45) is 16.0. The van der Waals surface area contributed by atoms with E-state index in [9.17, 15) is 0 Å². The van der Waals surface area contributed by atoms with E-state index >= 15 is 0 Å². The van der Waals surface area contributed by atoms with Gasteiger partial charge in [-0.05, 0) is 36.5 Å². The molecule has 0 spiro atoms. The third kappa shape index (κ3) is 2.24. The van der Waals surface area contributed by atoms with Crippen LogP contribution in [0.5, 0.6) is 0 Å². The molecule has 0 aliphatic heterocycles. The Labute approximate surface area is 109 Å². The molecule has 2 aliphatic rings. The lowest BCUT2D eigenvalue weighted by molar-refractivity contribution is 0.790. The molecule has 18 heavy (non-hydrogen) atoms. The lowest BCUT2D eigenvalue weighted by atomic mass is 9.88. The van der Waals surface area contributed by atoms with Crippen molar-refractivity contribution in [3.63, 3.8) is 0 Å². The van der Waals surface area contributed by atoms with Gasteiger partial charge in [0.1, 0.15) is 0 Å². The summed E-state index contributed by atoms with van der Waals surface area (Å²) in [5, 5.41) is 0. The topological polar surface area (TPSA) is 0 Å². The van der Waals surface area contributed by atoms with Gasteiger partial charge < -0.3 is 0 Å². The zero-order valence-corrected chi connectivity index (χ0v) is 10.8. The van der Waals surface area contributed by atoms with Crippen molar-refractivity contribution in [1.29, 1.82) is 0 Å². The summed E-state index contributed by atoms with van der Waals surface area (Å²) in [6, 6.07) is 8.78. The molecule has 3 rings (SSSR count). The molecule has 0 radical (unpaired) electrons. The summed E-state index contributed by atoms with van der Waals surface area (Å²) in [6.45, 7) is 2.13. The van der Waals surface area contributed by atoms with E-state index < -0.39 is 0 Å². The summed E-state index contributed by atoms with van der Waals surface area (Å²) in [5.41, 5.74) is 5.48. The number of hydrogen-bond donors (Lipinski definition) is 0. The second kappa shape index (κ2) is 4.81. The molecule has 0 heterocycles. The molecule has 1 unspecified atom stereocenters. The van der Waals surface area contributed by atoms with E-state index in [2.05, 4.69) is 67.6 Å². The molecule has 0 aromatic heterocycles. The van der Waals surface area contributed by atoms with Crippen molar-refractivity contribution in [1.82, 2.24) is 0 Å². The van der Waals surface area contributed by atoms with Crippen LogP contribution in [0.15, 0.2) is 66.3 Å². The Bertz CT molecular complexity index is 550. The van der Waals surface area contributed by atoms with Crippen LogP contribution in [-0.4, -0.2) is 0 Å². The summed E-state index contributed by atoms with van der Waals surface area (Å²) in [5.74, 6) is 0.581. The highest BCUT2D eigenvalue weighted by molar-refractivity contribution is 5.75. The summed E-state index contributed by atoms with van der Waals surface area (Å²) >= 11 is 0. The van der Waals surface area contributed by atoms with Gasteiger partial charge in [0.15, 0.2) is 0 Å². The second-order valence-electron chi connectivity index (χ2n) is 5.07. The molecule has 0 bridgehead atoms. The van der Waals surface area contributed by atoms with Crippen LogP contribution in [0.1, 0.15) is 24.0 Å². The predicted molar refractivity (Wildman–Crippen MR) is 78.2 cm³/mol. The summed E-state index contributed by atoms with van der Waals surface area (Å²) in [4.78, 5) is 0. The molecule has 0 fully saturated rings. The van der Waals surface area contributed by atoms with Gasteiger partial charge >= 0.3 is 0 Å². The molecule has 0 saturated carbocycles. The molecular formula is C18H18. The van der Waals surface area contributed by atoms with E-state index in [1.165, 1.54) is 22.3 Å². The fourth-order valence-corrected chi connectivity index (χ4v) is 2.58. The highest BCUT2D eigenvalue weighted by Gasteiger charge is 2.13. The molecule has 0 heteroatoms. The SMILES string of the molecule is Cc1ccc(C2=CCC(C3=CCC=C3)C=C2)cc1. The third-order valence-electron chi connectivity index (χ3n) is 3.71. The molecule has 1 aromatic carbocycles. The van der Waals surface area contributed by atoms with Crippen molar-refractivity contribution in [2.45, 2.75) is 19.8 Å². The van der Waals surface area contributed by atoms with Gasteiger partial charge in [0.2, 0.25) is 0 Å². The Morgan fingerprint density at radius 1 is 1.00 bits per heavy atom. The second-order valence-corrected chi connectivity index (χ2v) is 5.07. The van der Waals surface area contributed by atoms with E-state index in [4.69, 9.17) is 0 Å². The van der Waals surface area contributed by atoms with Crippen LogP contribution in [-0.2, 0) is 0 Å². The molecule has 1 atom stereocenters. The number of rotatable bonds is 2. The maximum Gasteiger partial charge on any atom is 0.00529 e. The quantitative estimate of drug-likeness (QED) is 0.686. The molecule has 0 amide bonds. The van der Waals surface area contributed by atoms with E-state index in [-0.39, 0.29) is 0 Å². The highest BCUT2D eigenvalue weighted by Crippen LogP contribution is 2.30. The number of allylic oxidation sites excluding steroid dienone is 8. The van der Waals surface area contributed by atoms with Crippen LogP contribution in [0.3, 0.4) is 0 Å². The number of aryl methyl sites for hydroxylation is 1. The standard InChI is InChI=1S/C18H18/c1-14-6-8-16(9-7-14)18-12-10-17(11-13-18)15-4-2-3-5-15/h2,4-10,12-13,17H,3,11H2,1H3. The molecule has 0 saturated heterocycles. The van der Waals surface area contributed by atoms with Gasteiger partial charge in [-0.1, -0.05) is 66.3 Å². The van der Waals surface area contributed by atoms with Gasteiger partial charge in [0, 0.05) is 5.92 Å². The van der Waals surface area contributed by atoms with Crippen molar-refractivity contribution >= 4 is 5.57 Å². The normalized spacial score (nSPS) is 21.9. The average Bonchev–Trinajstić information content (AvgIpc) is 2.94. The van der Waals surface area contributed by atoms with E-state index in [1.807, 2.05) is 0 Å². The number of hydrogen-bond acceptors (Lipinski definition) is 0. The molecule has 90 valence electrons. The molecule has 2 aliphatic carbocycles. The van der Waals surface area contributed by atoms with Crippen LogP contribution in [0.25, 0.3) is 5.57 Å². The molecule has 0 nitrogen and oxygen atoms in total. The minimum Gasteiger partial charge on any atom is -0.0804 e. The van der Waals surface area contributed by atoms with Crippen LogP contribution in [0.2, 0.25) is 0 Å². The Hall–Kier alpha value is -1.82. The van der Waals surface area contributed by atoms with E-state index in [0.29, 0.717) is 5.92 Å². The third-order valence-corrected chi connectivity index (χ3v) is 3.71. The van der Waals surface area contributed by atoms with Crippen LogP contribution in [0.4, 0.5) is 0 Å². The Kier molecular flexibility index (Phi) is 3.02. The van der Waals surface area contributed by atoms with E-state index in [0.717, 1.165) is 12.8 Å². The van der Waals surface area contributed by atoms with Crippen molar-refractivity contribution in [2.75, 3.05) is 0 Å². The fourth-order valence-electron chi connectivity index (χ4n) is 2.58. The Morgan fingerprint density at radius 2 is 1.83 bits per heavy atom. The lowest BCUT2D eigenvalue weighted by Crippen LogP contribution is -2.01. The lowest BCUT2D eigenvalue weighted by Gasteiger charge is -2.16. The fraction of sp³-hybridized carbons (Fsp3) is 0.222. The summed E-state index contributed by atoms with van der Waals surface area (Å²) in [7, 11) is 0. The molecule has 1 aromatic rings. The van der Waals surface area contributed by atoms with Gasteiger partial charge in [-0.3, -0.25) is 0 Å². The first kappa shape index (κ1) is 11.3. The van der Waals surface area contributed by atoms with Crippen molar-refractivity contribution < 1.29 is 0 Å². The maximum atomic E-state index is 2.36. The van der Waals surface area contributed by atoms with E-state index in [1.54, 1.807) is 0 Å². The summed E-state index contributed by atoms with van der Waals surface area (Å²) < 4.78 is 0. The monoisotopic (exact) mass is 234 g/mol. The predicted octanol–water partition coefficient (Wildman–Crippen LogP) is 4.84. The van der Waals surface area contributed by atoms with Crippen molar-refractivity contribution in [3.05, 3.63) is 77.4 Å². The average molecular weight is 234 g/mol.